The molecule has 0 aliphatic rings. The van der Waals surface area contributed by atoms with Crippen LogP contribution < -0.4 is 0 Å². The Hall–Kier alpha value is -5.64. The summed E-state index contributed by atoms with van der Waals surface area (Å²) in [4.78, 5) is 0. The third-order valence-corrected chi connectivity index (χ3v) is 12.4. The van der Waals surface area contributed by atoms with E-state index in [0.717, 1.165) is 34.4 Å². The van der Waals surface area contributed by atoms with Crippen LogP contribution in [0, 0.1) is 29.1 Å². The van der Waals surface area contributed by atoms with E-state index < -0.39 is 85.0 Å². The molecule has 0 aliphatic carbocycles. The predicted octanol–water partition coefficient (Wildman–Crippen LogP) is 16.5. The van der Waals surface area contributed by atoms with Gasteiger partial charge in [0.15, 0.2) is 23.3 Å². The normalized spacial score (nSPS) is 13.4. The maximum atomic E-state index is 16.9. The Kier molecular flexibility index (Phi) is 9.90. The van der Waals surface area contributed by atoms with Gasteiger partial charge in [0.05, 0.1) is 39.0 Å². The van der Waals surface area contributed by atoms with Gasteiger partial charge in [-0.25, -0.2) is 22.0 Å². The number of nitrogens with zero attached hydrogens (tertiary/aromatic N) is 2. The molecule has 0 saturated heterocycles. The van der Waals surface area contributed by atoms with Gasteiger partial charge in [-0.05, 0) is 80.3 Å². The van der Waals surface area contributed by atoms with Gasteiger partial charge in [-0.3, -0.25) is 0 Å². The summed E-state index contributed by atoms with van der Waals surface area (Å²) in [6.45, 7) is 23.7. The van der Waals surface area contributed by atoms with Crippen molar-refractivity contribution in [2.75, 3.05) is 0 Å². The standard InChI is InChI=1S/C53H50F8N2/c1-49(2,3)27-13-17-31-32-18-14-28(50(4,5)6)24-38(32)62(37(31)23-27)36-22-21-35(41-43(54)45(56)47(58)46(57)44(41)55)48(42(36)53(59,60)61)63-39-25-29(51(7,8)9)15-19-33(39)34-20-16-30(26-40(34)63)52(10,11)12/h13-26H,1-12H3. The lowest BCUT2D eigenvalue weighted by atomic mass is 9.86. The van der Waals surface area contributed by atoms with Crippen molar-refractivity contribution in [2.24, 2.45) is 0 Å². The fourth-order valence-electron chi connectivity index (χ4n) is 8.73. The predicted molar refractivity (Wildman–Crippen MR) is 240 cm³/mol. The molecule has 0 aliphatic heterocycles. The summed E-state index contributed by atoms with van der Waals surface area (Å²) in [7, 11) is 0. The average Bonchev–Trinajstić information content (AvgIpc) is 3.68. The summed E-state index contributed by atoms with van der Waals surface area (Å²) in [5.74, 6) is -11.5. The molecule has 10 heteroatoms. The third kappa shape index (κ3) is 7.08. The molecule has 0 N–H and O–H groups in total. The van der Waals surface area contributed by atoms with E-state index in [-0.39, 0.29) is 11.0 Å². The number of hydrogen-bond acceptors (Lipinski definition) is 0. The molecule has 328 valence electrons. The van der Waals surface area contributed by atoms with Crippen LogP contribution in [0.15, 0.2) is 84.9 Å². The first-order valence-electron chi connectivity index (χ1n) is 21.0. The molecular formula is C53H50F8N2. The lowest BCUT2D eigenvalue weighted by molar-refractivity contribution is -0.137. The van der Waals surface area contributed by atoms with Gasteiger partial charge in [-0.1, -0.05) is 132 Å². The van der Waals surface area contributed by atoms with E-state index in [1.165, 1.54) is 9.13 Å². The Morgan fingerprint density at radius 3 is 0.968 bits per heavy atom. The summed E-state index contributed by atoms with van der Waals surface area (Å²) in [6.07, 6.45) is -5.29. The van der Waals surface area contributed by atoms with Crippen LogP contribution in [0.1, 0.15) is 111 Å². The first-order chi connectivity index (χ1) is 29.0. The number of alkyl halides is 3. The van der Waals surface area contributed by atoms with Crippen LogP contribution in [0.2, 0.25) is 0 Å². The van der Waals surface area contributed by atoms with Crippen LogP contribution >= 0.6 is 0 Å². The highest BCUT2D eigenvalue weighted by Gasteiger charge is 2.42. The number of halogens is 8. The van der Waals surface area contributed by atoms with E-state index in [1.807, 2.05) is 132 Å². The van der Waals surface area contributed by atoms with Gasteiger partial charge >= 0.3 is 6.18 Å². The minimum atomic E-state index is -5.29. The van der Waals surface area contributed by atoms with E-state index in [1.54, 1.807) is 24.3 Å². The molecule has 0 unspecified atom stereocenters. The molecule has 2 nitrogen and oxygen atoms in total. The maximum Gasteiger partial charge on any atom is 0.420 e. The topological polar surface area (TPSA) is 9.86 Å². The van der Waals surface area contributed by atoms with Gasteiger partial charge < -0.3 is 9.13 Å². The maximum absolute atomic E-state index is 16.9. The third-order valence-electron chi connectivity index (χ3n) is 12.4. The first kappa shape index (κ1) is 44.0. The highest BCUT2D eigenvalue weighted by Crippen LogP contribution is 2.50. The quantitative estimate of drug-likeness (QED) is 0.0951. The van der Waals surface area contributed by atoms with Gasteiger partial charge in [-0.2, -0.15) is 13.2 Å². The lowest BCUT2D eigenvalue weighted by Crippen LogP contribution is -2.18. The van der Waals surface area contributed by atoms with Crippen molar-refractivity contribution in [1.82, 2.24) is 9.13 Å². The van der Waals surface area contributed by atoms with E-state index in [2.05, 4.69) is 0 Å². The van der Waals surface area contributed by atoms with Crippen LogP contribution in [-0.4, -0.2) is 9.13 Å². The van der Waals surface area contributed by atoms with E-state index in [0.29, 0.717) is 32.6 Å². The fourth-order valence-corrected chi connectivity index (χ4v) is 8.73. The Balaban J connectivity index is 1.70. The summed E-state index contributed by atoms with van der Waals surface area (Å²) in [5, 5.41) is 2.39. The molecule has 6 aromatic carbocycles. The molecule has 2 heterocycles. The van der Waals surface area contributed by atoms with Crippen molar-refractivity contribution in [3.8, 4) is 22.5 Å². The van der Waals surface area contributed by atoms with Crippen LogP contribution in [0.5, 0.6) is 0 Å². The number of hydrogen-bond donors (Lipinski definition) is 0. The molecule has 2 aromatic heterocycles. The molecular weight excluding hydrogens is 817 g/mol. The average molecular weight is 867 g/mol. The van der Waals surface area contributed by atoms with Crippen LogP contribution in [-0.2, 0) is 27.8 Å². The van der Waals surface area contributed by atoms with Gasteiger partial charge in [0.25, 0.3) is 0 Å². The number of fused-ring (bicyclic) bond motifs is 6. The molecule has 0 radical (unpaired) electrons. The zero-order chi connectivity index (χ0) is 46.3. The molecule has 8 aromatic rings. The number of aromatic nitrogens is 2. The second-order valence-electron chi connectivity index (χ2n) is 20.9. The van der Waals surface area contributed by atoms with E-state index >= 15 is 30.7 Å². The minimum absolute atomic E-state index is 0.253. The van der Waals surface area contributed by atoms with Crippen molar-refractivity contribution in [1.29, 1.82) is 0 Å². The van der Waals surface area contributed by atoms with Crippen molar-refractivity contribution < 1.29 is 35.1 Å². The summed E-state index contributed by atoms with van der Waals surface area (Å²) in [6, 6.07) is 24.4. The summed E-state index contributed by atoms with van der Waals surface area (Å²) in [5.41, 5.74) is -2.11. The van der Waals surface area contributed by atoms with E-state index in [9.17, 15) is 4.39 Å². The molecule has 0 spiro atoms. The second-order valence-corrected chi connectivity index (χ2v) is 20.9. The fraction of sp³-hybridized carbons (Fsp3) is 0.321. The number of benzene rings is 6. The molecule has 0 saturated carbocycles. The van der Waals surface area contributed by atoms with Crippen LogP contribution in [0.3, 0.4) is 0 Å². The summed E-state index contributed by atoms with van der Waals surface area (Å²) < 4.78 is 131. The molecule has 0 amide bonds. The summed E-state index contributed by atoms with van der Waals surface area (Å²) >= 11 is 0. The van der Waals surface area contributed by atoms with Gasteiger partial charge in [0, 0.05) is 27.1 Å². The highest BCUT2D eigenvalue weighted by molar-refractivity contribution is 6.12. The largest absolute Gasteiger partial charge is 0.420 e. The Bertz CT molecular complexity index is 3020. The molecule has 0 fully saturated rings. The van der Waals surface area contributed by atoms with Crippen molar-refractivity contribution in [3.05, 3.63) is 142 Å². The zero-order valence-electron chi connectivity index (χ0n) is 37.5. The molecule has 8 rings (SSSR count). The van der Waals surface area contributed by atoms with Gasteiger partial charge in [-0.15, -0.1) is 0 Å². The van der Waals surface area contributed by atoms with Gasteiger partial charge in [0.1, 0.15) is 5.56 Å². The molecule has 63 heavy (non-hydrogen) atoms. The smallest absolute Gasteiger partial charge is 0.309 e. The Labute approximate surface area is 362 Å². The van der Waals surface area contributed by atoms with Crippen molar-refractivity contribution in [3.63, 3.8) is 0 Å². The number of rotatable bonds is 3. The minimum Gasteiger partial charge on any atom is -0.309 e. The second kappa shape index (κ2) is 14.2. The molecule has 0 bridgehead atoms. The molecule has 0 atom stereocenters. The zero-order valence-corrected chi connectivity index (χ0v) is 37.5. The van der Waals surface area contributed by atoms with E-state index in [4.69, 9.17) is 0 Å². The van der Waals surface area contributed by atoms with Gasteiger partial charge in [0.2, 0.25) is 5.82 Å². The Morgan fingerprint density at radius 2 is 0.667 bits per heavy atom. The first-order valence-corrected chi connectivity index (χ1v) is 21.0. The lowest BCUT2D eigenvalue weighted by Gasteiger charge is -2.26. The SMILES string of the molecule is CC(C)(C)c1ccc2c3ccc(C(C)(C)C)cc3n(-c3ccc(-c4c(F)c(F)c(F)c(F)c4F)c(-n4c5cc(C(C)(C)C)ccc5c5ccc(C(C)(C)C)cc54)c3C(F)(F)F)c2c1. The van der Waals surface area contributed by atoms with Crippen LogP contribution in [0.4, 0.5) is 35.1 Å². The van der Waals surface area contributed by atoms with Crippen molar-refractivity contribution >= 4 is 43.6 Å². The Morgan fingerprint density at radius 1 is 0.365 bits per heavy atom. The highest BCUT2D eigenvalue weighted by atomic mass is 19.4. The monoisotopic (exact) mass is 866 g/mol. The van der Waals surface area contributed by atoms with Crippen LogP contribution in [0.25, 0.3) is 66.1 Å². The van der Waals surface area contributed by atoms with Crippen molar-refractivity contribution in [2.45, 2.75) is 111 Å².